The average molecular weight is 363 g/mol. The number of hydrogen-bond acceptors (Lipinski definition) is 3. The minimum Gasteiger partial charge on any atom is -0.475 e. The Bertz CT molecular complexity index is 688. The maximum atomic E-state index is 13.3. The minimum absolute atomic E-state index is 0.0304. The molecule has 132 valence electrons. The second-order valence-corrected chi connectivity index (χ2v) is 6.89. The van der Waals surface area contributed by atoms with Gasteiger partial charge in [0.15, 0.2) is 0 Å². The summed E-state index contributed by atoms with van der Waals surface area (Å²) in [5, 5.41) is 0.398. The van der Waals surface area contributed by atoms with Gasteiger partial charge in [0, 0.05) is 10.6 Å². The molecule has 1 aromatic rings. The largest absolute Gasteiger partial charge is 0.475 e. The van der Waals surface area contributed by atoms with Crippen LogP contribution in [0.2, 0.25) is 5.02 Å². The molecule has 0 bridgehead atoms. The zero-order valence-corrected chi connectivity index (χ0v) is 14.5. The average Bonchev–Trinajstić information content (AvgIpc) is 2.43. The molecule has 0 N–H and O–H groups in total. The number of alkyl halides is 3. The molecule has 0 radical (unpaired) electrons. The SMILES string of the molecule is CCOC(=O)C1=Cc2cc(Cl)c(C(C)(C)C)cc2O[C@@H]1C(F)(F)F. The second-order valence-electron chi connectivity index (χ2n) is 6.48. The quantitative estimate of drug-likeness (QED) is 0.701. The van der Waals surface area contributed by atoms with Crippen molar-refractivity contribution in [2.24, 2.45) is 0 Å². The predicted octanol–water partition coefficient (Wildman–Crippen LogP) is 4.91. The van der Waals surface area contributed by atoms with E-state index in [1.54, 1.807) is 0 Å². The lowest BCUT2D eigenvalue weighted by molar-refractivity contribution is -0.187. The number of halogens is 4. The Hall–Kier alpha value is -1.69. The summed E-state index contributed by atoms with van der Waals surface area (Å²) in [4.78, 5) is 11.9. The monoisotopic (exact) mass is 362 g/mol. The Morgan fingerprint density at radius 2 is 1.92 bits per heavy atom. The lowest BCUT2D eigenvalue weighted by Crippen LogP contribution is -2.40. The molecule has 1 heterocycles. The van der Waals surface area contributed by atoms with E-state index in [2.05, 4.69) is 0 Å². The van der Waals surface area contributed by atoms with Crippen LogP contribution in [0.3, 0.4) is 0 Å². The van der Waals surface area contributed by atoms with Crippen LogP contribution in [-0.2, 0) is 14.9 Å². The first-order valence-corrected chi connectivity index (χ1v) is 7.79. The van der Waals surface area contributed by atoms with Gasteiger partial charge in [-0.05, 0) is 36.1 Å². The highest BCUT2D eigenvalue weighted by atomic mass is 35.5. The van der Waals surface area contributed by atoms with Crippen LogP contribution in [0.25, 0.3) is 6.08 Å². The molecular formula is C17H18ClF3O3. The van der Waals surface area contributed by atoms with E-state index in [9.17, 15) is 18.0 Å². The molecule has 2 rings (SSSR count). The molecule has 1 aliphatic heterocycles. The molecule has 1 atom stereocenters. The number of fused-ring (bicyclic) bond motifs is 1. The van der Waals surface area contributed by atoms with Gasteiger partial charge in [0.1, 0.15) is 5.75 Å². The molecule has 0 amide bonds. The third-order valence-electron chi connectivity index (χ3n) is 3.55. The zero-order valence-electron chi connectivity index (χ0n) is 13.8. The van der Waals surface area contributed by atoms with Crippen LogP contribution in [0.4, 0.5) is 13.2 Å². The van der Waals surface area contributed by atoms with Crippen LogP contribution in [0, 0.1) is 0 Å². The summed E-state index contributed by atoms with van der Waals surface area (Å²) in [6.07, 6.45) is -5.97. The van der Waals surface area contributed by atoms with Crippen molar-refractivity contribution in [3.63, 3.8) is 0 Å². The van der Waals surface area contributed by atoms with Gasteiger partial charge in [0.05, 0.1) is 12.2 Å². The molecule has 1 aliphatic rings. The minimum atomic E-state index is -4.74. The molecule has 3 nitrogen and oxygen atoms in total. The highest BCUT2D eigenvalue weighted by Crippen LogP contribution is 2.42. The molecule has 24 heavy (non-hydrogen) atoms. The van der Waals surface area contributed by atoms with E-state index in [1.165, 1.54) is 19.1 Å². The van der Waals surface area contributed by atoms with Gasteiger partial charge >= 0.3 is 12.1 Å². The van der Waals surface area contributed by atoms with Gasteiger partial charge in [0.25, 0.3) is 0 Å². The first-order chi connectivity index (χ1) is 10.9. The van der Waals surface area contributed by atoms with Crippen LogP contribution < -0.4 is 4.74 Å². The van der Waals surface area contributed by atoms with Crippen LogP contribution in [0.5, 0.6) is 5.75 Å². The summed E-state index contributed by atoms with van der Waals surface area (Å²) >= 11 is 6.24. The van der Waals surface area contributed by atoms with Gasteiger partial charge in [-0.25, -0.2) is 4.79 Å². The normalized spacial score (nSPS) is 17.7. The molecule has 0 fully saturated rings. The molecule has 0 saturated carbocycles. The fraction of sp³-hybridized carbons (Fsp3) is 0.471. The van der Waals surface area contributed by atoms with E-state index in [0.717, 1.165) is 6.08 Å². The van der Waals surface area contributed by atoms with Gasteiger partial charge in [-0.15, -0.1) is 0 Å². The van der Waals surface area contributed by atoms with Gasteiger partial charge in [-0.2, -0.15) is 13.2 Å². The summed E-state index contributed by atoms with van der Waals surface area (Å²) < 4.78 is 49.7. The smallest absolute Gasteiger partial charge is 0.430 e. The Morgan fingerprint density at radius 1 is 1.29 bits per heavy atom. The van der Waals surface area contributed by atoms with E-state index < -0.39 is 23.8 Å². The second kappa shape index (κ2) is 6.31. The fourth-order valence-electron chi connectivity index (χ4n) is 2.42. The van der Waals surface area contributed by atoms with Gasteiger partial charge < -0.3 is 9.47 Å². The molecule has 1 aromatic carbocycles. The van der Waals surface area contributed by atoms with Crippen LogP contribution in [-0.4, -0.2) is 24.9 Å². The Morgan fingerprint density at radius 3 is 2.42 bits per heavy atom. The molecular weight excluding hydrogens is 345 g/mol. The maximum absolute atomic E-state index is 13.3. The lowest BCUT2D eigenvalue weighted by atomic mass is 9.85. The highest BCUT2D eigenvalue weighted by molar-refractivity contribution is 6.31. The molecule has 0 saturated heterocycles. The number of benzene rings is 1. The number of carbonyl (C=O) groups is 1. The lowest BCUT2D eigenvalue weighted by Gasteiger charge is -2.30. The first kappa shape index (κ1) is 18.6. The molecule has 0 unspecified atom stereocenters. The van der Waals surface area contributed by atoms with Crippen molar-refractivity contribution in [1.82, 2.24) is 0 Å². The molecule has 0 aromatic heterocycles. The van der Waals surface area contributed by atoms with Crippen molar-refractivity contribution in [2.45, 2.75) is 45.4 Å². The van der Waals surface area contributed by atoms with Crippen molar-refractivity contribution in [2.75, 3.05) is 6.61 Å². The topological polar surface area (TPSA) is 35.5 Å². The third-order valence-corrected chi connectivity index (χ3v) is 3.87. The Kier molecular flexibility index (Phi) is 4.91. The number of rotatable bonds is 2. The number of hydrogen-bond donors (Lipinski definition) is 0. The predicted molar refractivity (Wildman–Crippen MR) is 85.2 cm³/mol. The van der Waals surface area contributed by atoms with E-state index in [-0.39, 0.29) is 17.8 Å². The maximum Gasteiger partial charge on any atom is 0.430 e. The van der Waals surface area contributed by atoms with E-state index in [4.69, 9.17) is 21.1 Å². The van der Waals surface area contributed by atoms with Crippen LogP contribution in [0.15, 0.2) is 17.7 Å². The summed E-state index contributed by atoms with van der Waals surface area (Å²) in [7, 11) is 0. The Labute approximate surface area is 143 Å². The fourth-order valence-corrected chi connectivity index (χ4v) is 2.87. The van der Waals surface area contributed by atoms with E-state index in [0.29, 0.717) is 16.1 Å². The first-order valence-electron chi connectivity index (χ1n) is 7.41. The van der Waals surface area contributed by atoms with Gasteiger partial charge in [-0.1, -0.05) is 32.4 Å². The summed E-state index contributed by atoms with van der Waals surface area (Å²) in [5.74, 6) is -1.01. The van der Waals surface area contributed by atoms with Gasteiger partial charge in [-0.3, -0.25) is 0 Å². The molecule has 0 aliphatic carbocycles. The highest BCUT2D eigenvalue weighted by Gasteiger charge is 2.49. The third kappa shape index (κ3) is 3.69. The molecule has 7 heteroatoms. The summed E-state index contributed by atoms with van der Waals surface area (Å²) in [5.41, 5.74) is 0.0266. The van der Waals surface area contributed by atoms with Crippen LogP contribution in [0.1, 0.15) is 38.8 Å². The van der Waals surface area contributed by atoms with Crippen molar-refractivity contribution in [3.8, 4) is 5.75 Å². The summed E-state index contributed by atoms with van der Waals surface area (Å²) in [6.45, 7) is 7.17. The number of ether oxygens (including phenoxy) is 2. The Balaban J connectivity index is 2.58. The number of esters is 1. The van der Waals surface area contributed by atoms with E-state index >= 15 is 0 Å². The van der Waals surface area contributed by atoms with Crippen LogP contribution >= 0.6 is 11.6 Å². The molecule has 0 spiro atoms. The van der Waals surface area contributed by atoms with Gasteiger partial charge in [0.2, 0.25) is 6.10 Å². The zero-order chi connectivity index (χ0) is 18.3. The standard InChI is InChI=1S/C17H18ClF3O3/c1-5-23-15(22)10-6-9-7-12(18)11(16(2,3)4)8-13(9)24-14(10)17(19,20)21/h6-8,14H,5H2,1-4H3/t14-/m0/s1. The summed E-state index contributed by atoms with van der Waals surface area (Å²) in [6, 6.07) is 3.00. The van der Waals surface area contributed by atoms with E-state index in [1.807, 2.05) is 20.8 Å². The number of carbonyl (C=O) groups excluding carboxylic acids is 1. The van der Waals surface area contributed by atoms with Crippen molar-refractivity contribution in [1.29, 1.82) is 0 Å². The van der Waals surface area contributed by atoms with Crippen molar-refractivity contribution < 1.29 is 27.4 Å². The van der Waals surface area contributed by atoms with Crippen molar-refractivity contribution >= 4 is 23.6 Å². The van der Waals surface area contributed by atoms with Crippen molar-refractivity contribution in [3.05, 3.63) is 33.9 Å².